The summed E-state index contributed by atoms with van der Waals surface area (Å²) in [7, 11) is 1.74. The highest BCUT2D eigenvalue weighted by Gasteiger charge is 2.16. The molecule has 0 amide bonds. The molecule has 0 heterocycles. The average molecular weight is 290 g/mol. The summed E-state index contributed by atoms with van der Waals surface area (Å²) >= 11 is 11.9. The molecule has 0 saturated carbocycles. The molecular formula is C14H21Cl2NO. The number of hydrogen-bond donors (Lipinski definition) is 1. The van der Waals surface area contributed by atoms with E-state index in [-0.39, 0.29) is 12.1 Å². The SMILES string of the molecule is CCCNC(Cc1ccc(Cl)c(Cl)c1)C(C)OC. The fourth-order valence-corrected chi connectivity index (χ4v) is 2.14. The van der Waals surface area contributed by atoms with Crippen LogP contribution in [0.5, 0.6) is 0 Å². The highest BCUT2D eigenvalue weighted by molar-refractivity contribution is 6.42. The third kappa shape index (κ3) is 4.77. The molecule has 2 nitrogen and oxygen atoms in total. The van der Waals surface area contributed by atoms with Crippen LogP contribution in [0, 0.1) is 0 Å². The van der Waals surface area contributed by atoms with Crippen molar-refractivity contribution in [2.45, 2.75) is 38.8 Å². The van der Waals surface area contributed by atoms with Gasteiger partial charge in [-0.2, -0.15) is 0 Å². The Morgan fingerprint density at radius 3 is 2.56 bits per heavy atom. The van der Waals surface area contributed by atoms with Gasteiger partial charge in [0.2, 0.25) is 0 Å². The van der Waals surface area contributed by atoms with E-state index in [1.807, 2.05) is 18.2 Å². The Hall–Kier alpha value is -0.280. The molecule has 4 heteroatoms. The second-order valence-corrected chi connectivity index (χ2v) is 5.27. The van der Waals surface area contributed by atoms with E-state index in [9.17, 15) is 0 Å². The molecule has 0 aliphatic carbocycles. The van der Waals surface area contributed by atoms with Gasteiger partial charge in [-0.1, -0.05) is 36.2 Å². The fraction of sp³-hybridized carbons (Fsp3) is 0.571. The van der Waals surface area contributed by atoms with Gasteiger partial charge >= 0.3 is 0 Å². The number of ether oxygens (including phenoxy) is 1. The predicted octanol–water partition coefficient (Wildman–Crippen LogP) is 3.94. The van der Waals surface area contributed by atoms with Gasteiger partial charge in [0.05, 0.1) is 16.1 Å². The van der Waals surface area contributed by atoms with Crippen LogP contribution in [0.4, 0.5) is 0 Å². The quantitative estimate of drug-likeness (QED) is 0.821. The Balaban J connectivity index is 2.71. The minimum absolute atomic E-state index is 0.158. The van der Waals surface area contributed by atoms with Crippen LogP contribution in [0.25, 0.3) is 0 Å². The normalized spacial score (nSPS) is 14.5. The van der Waals surface area contributed by atoms with Crippen molar-refractivity contribution in [3.63, 3.8) is 0 Å². The molecule has 0 saturated heterocycles. The zero-order valence-corrected chi connectivity index (χ0v) is 12.7. The molecule has 0 aliphatic rings. The topological polar surface area (TPSA) is 21.3 Å². The van der Waals surface area contributed by atoms with Gasteiger partial charge in [0.25, 0.3) is 0 Å². The van der Waals surface area contributed by atoms with E-state index in [1.54, 1.807) is 7.11 Å². The molecule has 0 radical (unpaired) electrons. The molecule has 2 unspecified atom stereocenters. The first-order valence-electron chi connectivity index (χ1n) is 6.28. The molecule has 1 aromatic rings. The van der Waals surface area contributed by atoms with E-state index < -0.39 is 0 Å². The standard InChI is InChI=1S/C14H21Cl2NO/c1-4-7-17-14(10(2)18-3)9-11-5-6-12(15)13(16)8-11/h5-6,8,10,14,17H,4,7,9H2,1-3H3. The maximum atomic E-state index is 6.03. The molecule has 2 atom stereocenters. The third-order valence-corrected chi connectivity index (χ3v) is 3.77. The third-order valence-electron chi connectivity index (χ3n) is 3.03. The van der Waals surface area contributed by atoms with Crippen LogP contribution in [-0.2, 0) is 11.2 Å². The first-order chi connectivity index (χ1) is 8.58. The molecule has 0 fully saturated rings. The largest absolute Gasteiger partial charge is 0.380 e. The Labute approximate surface area is 120 Å². The smallest absolute Gasteiger partial charge is 0.0699 e. The number of hydrogen-bond acceptors (Lipinski definition) is 2. The molecule has 0 spiro atoms. The van der Waals surface area contributed by atoms with Gasteiger partial charge in [0.15, 0.2) is 0 Å². The summed E-state index contributed by atoms with van der Waals surface area (Å²) in [5.74, 6) is 0. The van der Waals surface area contributed by atoms with Crippen LogP contribution >= 0.6 is 23.2 Å². The molecule has 0 aliphatic heterocycles. The minimum Gasteiger partial charge on any atom is -0.380 e. The average Bonchev–Trinajstić information content (AvgIpc) is 2.37. The van der Waals surface area contributed by atoms with Crippen LogP contribution < -0.4 is 5.32 Å². The van der Waals surface area contributed by atoms with Crippen molar-refractivity contribution in [2.75, 3.05) is 13.7 Å². The van der Waals surface area contributed by atoms with Gasteiger partial charge in [-0.3, -0.25) is 0 Å². The molecule has 0 bridgehead atoms. The number of halogens is 2. The Morgan fingerprint density at radius 1 is 1.28 bits per heavy atom. The van der Waals surface area contributed by atoms with Crippen LogP contribution in [0.1, 0.15) is 25.8 Å². The number of methoxy groups -OCH3 is 1. The van der Waals surface area contributed by atoms with Gasteiger partial charge in [-0.05, 0) is 44.0 Å². The first kappa shape index (κ1) is 15.8. The maximum Gasteiger partial charge on any atom is 0.0699 e. The van der Waals surface area contributed by atoms with Crippen LogP contribution in [0.3, 0.4) is 0 Å². The van der Waals surface area contributed by atoms with E-state index in [4.69, 9.17) is 27.9 Å². The van der Waals surface area contributed by atoms with Gasteiger partial charge in [0, 0.05) is 13.2 Å². The van der Waals surface area contributed by atoms with Crippen molar-refractivity contribution in [3.8, 4) is 0 Å². The predicted molar refractivity (Wildman–Crippen MR) is 78.7 cm³/mol. The fourth-order valence-electron chi connectivity index (χ4n) is 1.82. The summed E-state index contributed by atoms with van der Waals surface area (Å²) in [4.78, 5) is 0. The Kier molecular flexibility index (Phi) is 7.02. The zero-order valence-electron chi connectivity index (χ0n) is 11.2. The Morgan fingerprint density at radius 2 is 2.00 bits per heavy atom. The van der Waals surface area contributed by atoms with Crippen molar-refractivity contribution in [2.24, 2.45) is 0 Å². The number of benzene rings is 1. The summed E-state index contributed by atoms with van der Waals surface area (Å²) in [5.41, 5.74) is 1.17. The molecular weight excluding hydrogens is 269 g/mol. The number of nitrogens with one attached hydrogen (secondary N) is 1. The van der Waals surface area contributed by atoms with Crippen LogP contribution in [-0.4, -0.2) is 25.8 Å². The van der Waals surface area contributed by atoms with E-state index in [0.29, 0.717) is 10.0 Å². The molecule has 0 aromatic heterocycles. The lowest BCUT2D eigenvalue weighted by molar-refractivity contribution is 0.0831. The lowest BCUT2D eigenvalue weighted by atomic mass is 10.0. The van der Waals surface area contributed by atoms with E-state index >= 15 is 0 Å². The zero-order chi connectivity index (χ0) is 13.5. The highest BCUT2D eigenvalue weighted by atomic mass is 35.5. The molecule has 1 aromatic carbocycles. The molecule has 1 rings (SSSR count). The monoisotopic (exact) mass is 289 g/mol. The van der Waals surface area contributed by atoms with Gasteiger partial charge in [-0.25, -0.2) is 0 Å². The highest BCUT2D eigenvalue weighted by Crippen LogP contribution is 2.23. The second-order valence-electron chi connectivity index (χ2n) is 4.45. The van der Waals surface area contributed by atoms with Crippen molar-refractivity contribution in [1.82, 2.24) is 5.32 Å². The maximum absolute atomic E-state index is 6.03. The van der Waals surface area contributed by atoms with Crippen molar-refractivity contribution < 1.29 is 4.74 Å². The number of rotatable bonds is 7. The van der Waals surface area contributed by atoms with E-state index in [1.165, 1.54) is 5.56 Å². The molecule has 102 valence electrons. The summed E-state index contributed by atoms with van der Waals surface area (Å²) in [6, 6.07) is 6.06. The molecule has 18 heavy (non-hydrogen) atoms. The van der Waals surface area contributed by atoms with Crippen molar-refractivity contribution >= 4 is 23.2 Å². The molecule has 1 N–H and O–H groups in total. The minimum atomic E-state index is 0.158. The Bertz CT molecular complexity index is 371. The van der Waals surface area contributed by atoms with Crippen molar-refractivity contribution in [3.05, 3.63) is 33.8 Å². The van der Waals surface area contributed by atoms with Crippen LogP contribution in [0.2, 0.25) is 10.0 Å². The van der Waals surface area contributed by atoms with Crippen LogP contribution in [0.15, 0.2) is 18.2 Å². The lowest BCUT2D eigenvalue weighted by Crippen LogP contribution is -2.41. The second kappa shape index (κ2) is 8.00. The van der Waals surface area contributed by atoms with Gasteiger partial charge in [-0.15, -0.1) is 0 Å². The summed E-state index contributed by atoms with van der Waals surface area (Å²) in [6.07, 6.45) is 2.14. The van der Waals surface area contributed by atoms with Crippen molar-refractivity contribution in [1.29, 1.82) is 0 Å². The van der Waals surface area contributed by atoms with E-state index in [2.05, 4.69) is 19.2 Å². The summed E-state index contributed by atoms with van der Waals surface area (Å²) in [5, 5.41) is 4.70. The van der Waals surface area contributed by atoms with E-state index in [0.717, 1.165) is 19.4 Å². The lowest BCUT2D eigenvalue weighted by Gasteiger charge is -2.24. The van der Waals surface area contributed by atoms with Gasteiger partial charge in [0.1, 0.15) is 0 Å². The summed E-state index contributed by atoms with van der Waals surface area (Å²) < 4.78 is 5.41. The first-order valence-corrected chi connectivity index (χ1v) is 7.04. The summed E-state index contributed by atoms with van der Waals surface area (Å²) in [6.45, 7) is 5.21. The van der Waals surface area contributed by atoms with Gasteiger partial charge < -0.3 is 10.1 Å².